The van der Waals surface area contributed by atoms with Crippen LogP contribution in [-0.4, -0.2) is 22.6 Å². The van der Waals surface area contributed by atoms with Crippen molar-refractivity contribution in [3.8, 4) is 0 Å². The van der Waals surface area contributed by atoms with Gasteiger partial charge in [0.25, 0.3) is 0 Å². The van der Waals surface area contributed by atoms with Crippen molar-refractivity contribution < 1.29 is 9.90 Å². The standard InChI is InChI=1S/C13H18O2S/c1-2-16-9-8-12(13(14)15)10-11-6-4-3-5-7-11/h3-7,12H,2,8-10H2,1H3,(H,14,15). The Morgan fingerprint density at radius 1 is 1.38 bits per heavy atom. The van der Waals surface area contributed by atoms with E-state index in [1.165, 1.54) is 0 Å². The first kappa shape index (κ1) is 13.1. The van der Waals surface area contributed by atoms with Gasteiger partial charge in [0.05, 0.1) is 5.92 Å². The number of aliphatic carboxylic acids is 1. The maximum Gasteiger partial charge on any atom is 0.306 e. The predicted octanol–water partition coefficient (Wildman–Crippen LogP) is 3.07. The van der Waals surface area contributed by atoms with Gasteiger partial charge in [-0.25, -0.2) is 0 Å². The second kappa shape index (κ2) is 7.34. The quantitative estimate of drug-likeness (QED) is 0.742. The van der Waals surface area contributed by atoms with Crippen LogP contribution in [0.3, 0.4) is 0 Å². The fourth-order valence-electron chi connectivity index (χ4n) is 1.58. The van der Waals surface area contributed by atoms with Crippen molar-refractivity contribution in [2.24, 2.45) is 5.92 Å². The Morgan fingerprint density at radius 3 is 2.62 bits per heavy atom. The smallest absolute Gasteiger partial charge is 0.306 e. The van der Waals surface area contributed by atoms with Crippen LogP contribution in [0.15, 0.2) is 30.3 Å². The van der Waals surface area contributed by atoms with E-state index in [9.17, 15) is 4.79 Å². The van der Waals surface area contributed by atoms with E-state index < -0.39 is 5.97 Å². The van der Waals surface area contributed by atoms with Crippen LogP contribution in [0.5, 0.6) is 0 Å². The highest BCUT2D eigenvalue weighted by Gasteiger charge is 2.17. The average Bonchev–Trinajstić information content (AvgIpc) is 2.29. The van der Waals surface area contributed by atoms with Gasteiger partial charge in [0, 0.05) is 0 Å². The summed E-state index contributed by atoms with van der Waals surface area (Å²) < 4.78 is 0. The van der Waals surface area contributed by atoms with Crippen LogP contribution in [0.1, 0.15) is 18.9 Å². The van der Waals surface area contributed by atoms with Gasteiger partial charge in [-0.3, -0.25) is 4.79 Å². The summed E-state index contributed by atoms with van der Waals surface area (Å²) in [4.78, 5) is 11.1. The molecule has 1 rings (SSSR count). The highest BCUT2D eigenvalue weighted by molar-refractivity contribution is 7.99. The van der Waals surface area contributed by atoms with Crippen molar-refractivity contribution in [1.29, 1.82) is 0 Å². The Morgan fingerprint density at radius 2 is 2.06 bits per heavy atom. The normalized spacial score (nSPS) is 12.3. The second-order valence-corrected chi connectivity index (χ2v) is 5.10. The summed E-state index contributed by atoms with van der Waals surface area (Å²) in [7, 11) is 0. The van der Waals surface area contributed by atoms with Gasteiger partial charge in [-0.05, 0) is 29.9 Å². The van der Waals surface area contributed by atoms with Gasteiger partial charge in [0.1, 0.15) is 0 Å². The second-order valence-electron chi connectivity index (χ2n) is 3.71. The molecule has 1 N–H and O–H groups in total. The molecule has 3 heteroatoms. The number of carboxylic acid groups (broad SMARTS) is 1. The lowest BCUT2D eigenvalue weighted by Crippen LogP contribution is -2.17. The molecule has 2 nitrogen and oxygen atoms in total. The van der Waals surface area contributed by atoms with E-state index in [1.807, 2.05) is 30.3 Å². The van der Waals surface area contributed by atoms with Crippen LogP contribution in [-0.2, 0) is 11.2 Å². The van der Waals surface area contributed by atoms with Crippen molar-refractivity contribution in [3.05, 3.63) is 35.9 Å². The molecule has 0 amide bonds. The Labute approximate surface area is 101 Å². The van der Waals surface area contributed by atoms with E-state index in [-0.39, 0.29) is 5.92 Å². The molecule has 88 valence electrons. The first-order chi connectivity index (χ1) is 7.74. The SMILES string of the molecule is CCSCCC(Cc1ccccc1)C(=O)O. The van der Waals surface area contributed by atoms with Crippen molar-refractivity contribution in [3.63, 3.8) is 0 Å². The Kier molecular flexibility index (Phi) is 6.01. The van der Waals surface area contributed by atoms with E-state index in [0.29, 0.717) is 6.42 Å². The molecule has 0 aliphatic carbocycles. The molecule has 0 aromatic heterocycles. The molecular formula is C13H18O2S. The number of rotatable bonds is 7. The van der Waals surface area contributed by atoms with Crippen LogP contribution in [0.4, 0.5) is 0 Å². The third-order valence-electron chi connectivity index (χ3n) is 2.49. The van der Waals surface area contributed by atoms with Gasteiger partial charge >= 0.3 is 5.97 Å². The van der Waals surface area contributed by atoms with E-state index >= 15 is 0 Å². The Bertz CT molecular complexity index is 311. The van der Waals surface area contributed by atoms with Crippen molar-refractivity contribution in [2.75, 3.05) is 11.5 Å². The van der Waals surface area contributed by atoms with E-state index in [0.717, 1.165) is 23.5 Å². The van der Waals surface area contributed by atoms with E-state index in [2.05, 4.69) is 6.92 Å². The molecule has 0 saturated carbocycles. The third kappa shape index (κ3) is 4.71. The summed E-state index contributed by atoms with van der Waals surface area (Å²) in [6.45, 7) is 2.09. The number of hydrogen-bond acceptors (Lipinski definition) is 2. The molecule has 16 heavy (non-hydrogen) atoms. The predicted molar refractivity (Wildman–Crippen MR) is 68.9 cm³/mol. The van der Waals surface area contributed by atoms with E-state index in [1.54, 1.807) is 11.8 Å². The molecule has 0 fully saturated rings. The largest absolute Gasteiger partial charge is 0.481 e. The Balaban J connectivity index is 2.48. The molecule has 1 aromatic carbocycles. The minimum absolute atomic E-state index is 0.249. The summed E-state index contributed by atoms with van der Waals surface area (Å²) in [5, 5.41) is 9.12. The lowest BCUT2D eigenvalue weighted by atomic mass is 9.97. The average molecular weight is 238 g/mol. The molecule has 0 spiro atoms. The highest BCUT2D eigenvalue weighted by atomic mass is 32.2. The minimum atomic E-state index is -0.680. The van der Waals surface area contributed by atoms with Crippen LogP contribution in [0.2, 0.25) is 0 Å². The van der Waals surface area contributed by atoms with Crippen LogP contribution >= 0.6 is 11.8 Å². The lowest BCUT2D eigenvalue weighted by molar-refractivity contribution is -0.141. The van der Waals surface area contributed by atoms with Crippen molar-refractivity contribution in [2.45, 2.75) is 19.8 Å². The zero-order chi connectivity index (χ0) is 11.8. The zero-order valence-electron chi connectivity index (χ0n) is 9.56. The minimum Gasteiger partial charge on any atom is -0.481 e. The number of carbonyl (C=O) groups is 1. The van der Waals surface area contributed by atoms with E-state index in [4.69, 9.17) is 5.11 Å². The topological polar surface area (TPSA) is 37.3 Å². The Hall–Kier alpha value is -0.960. The lowest BCUT2D eigenvalue weighted by Gasteiger charge is -2.11. The number of thioether (sulfide) groups is 1. The van der Waals surface area contributed by atoms with Gasteiger partial charge in [-0.2, -0.15) is 11.8 Å². The van der Waals surface area contributed by atoms with Gasteiger partial charge in [-0.15, -0.1) is 0 Å². The maximum atomic E-state index is 11.1. The van der Waals surface area contributed by atoms with Crippen LogP contribution in [0, 0.1) is 5.92 Å². The molecule has 1 aromatic rings. The van der Waals surface area contributed by atoms with Gasteiger partial charge < -0.3 is 5.11 Å². The monoisotopic (exact) mass is 238 g/mol. The molecule has 0 bridgehead atoms. The van der Waals surface area contributed by atoms with Crippen molar-refractivity contribution >= 4 is 17.7 Å². The summed E-state index contributed by atoms with van der Waals surface area (Å²) in [6, 6.07) is 9.84. The fraction of sp³-hybridized carbons (Fsp3) is 0.462. The molecular weight excluding hydrogens is 220 g/mol. The number of hydrogen-bond donors (Lipinski definition) is 1. The molecule has 0 saturated heterocycles. The molecule has 0 aliphatic heterocycles. The molecule has 1 atom stereocenters. The van der Waals surface area contributed by atoms with Crippen LogP contribution < -0.4 is 0 Å². The highest BCUT2D eigenvalue weighted by Crippen LogP contribution is 2.15. The summed E-state index contributed by atoms with van der Waals surface area (Å²) in [5.41, 5.74) is 1.11. The zero-order valence-corrected chi connectivity index (χ0v) is 10.4. The van der Waals surface area contributed by atoms with Crippen LogP contribution in [0.25, 0.3) is 0 Å². The van der Waals surface area contributed by atoms with Gasteiger partial charge in [0.2, 0.25) is 0 Å². The van der Waals surface area contributed by atoms with Gasteiger partial charge in [0.15, 0.2) is 0 Å². The first-order valence-corrected chi connectivity index (χ1v) is 6.74. The first-order valence-electron chi connectivity index (χ1n) is 5.58. The summed E-state index contributed by atoms with van der Waals surface area (Å²) >= 11 is 1.80. The van der Waals surface area contributed by atoms with Gasteiger partial charge in [-0.1, -0.05) is 37.3 Å². The summed E-state index contributed by atoms with van der Waals surface area (Å²) in [5.74, 6) is 1.06. The molecule has 0 radical (unpaired) electrons. The third-order valence-corrected chi connectivity index (χ3v) is 3.42. The number of carboxylic acids is 1. The molecule has 1 unspecified atom stereocenters. The van der Waals surface area contributed by atoms with Crippen molar-refractivity contribution in [1.82, 2.24) is 0 Å². The molecule has 0 heterocycles. The summed E-state index contributed by atoms with van der Waals surface area (Å²) in [6.07, 6.45) is 1.39. The fourth-order valence-corrected chi connectivity index (χ4v) is 2.32. The maximum absolute atomic E-state index is 11.1. The molecule has 0 aliphatic rings. The number of benzene rings is 1.